The van der Waals surface area contributed by atoms with Crippen LogP contribution in [-0.2, 0) is 0 Å². The molecular formula is C17H12ClFN4. The standard InChI is InChI=1S/C17H12ClFN4/c1-10(22-23-20)13-9-14(18)11-6-4-8-21-17(11)16(13)12-5-2-3-7-15(12)19/h2-10H,1H3. The van der Waals surface area contributed by atoms with Crippen molar-refractivity contribution in [3.8, 4) is 11.1 Å². The van der Waals surface area contributed by atoms with Crippen molar-refractivity contribution in [3.63, 3.8) is 0 Å². The van der Waals surface area contributed by atoms with Crippen molar-refractivity contribution >= 4 is 22.5 Å². The normalized spacial score (nSPS) is 12.0. The van der Waals surface area contributed by atoms with Gasteiger partial charge in [-0.3, -0.25) is 4.98 Å². The number of aromatic nitrogens is 1. The third-order valence-corrected chi connectivity index (χ3v) is 4.00. The van der Waals surface area contributed by atoms with Gasteiger partial charge in [-0.25, -0.2) is 4.39 Å². The van der Waals surface area contributed by atoms with E-state index in [2.05, 4.69) is 15.0 Å². The van der Waals surface area contributed by atoms with Gasteiger partial charge in [0.25, 0.3) is 0 Å². The first-order chi connectivity index (χ1) is 11.1. The molecule has 114 valence electrons. The van der Waals surface area contributed by atoms with Crippen molar-refractivity contribution in [1.82, 2.24) is 4.98 Å². The Hall–Kier alpha value is -2.62. The molecule has 0 fully saturated rings. The lowest BCUT2D eigenvalue weighted by atomic mass is 9.92. The average Bonchev–Trinajstić information content (AvgIpc) is 2.56. The summed E-state index contributed by atoms with van der Waals surface area (Å²) in [7, 11) is 0. The number of hydrogen-bond donors (Lipinski definition) is 0. The minimum Gasteiger partial charge on any atom is -0.256 e. The predicted molar refractivity (Wildman–Crippen MR) is 89.7 cm³/mol. The van der Waals surface area contributed by atoms with Gasteiger partial charge < -0.3 is 0 Å². The lowest BCUT2D eigenvalue weighted by Gasteiger charge is -2.17. The van der Waals surface area contributed by atoms with E-state index in [9.17, 15) is 4.39 Å². The summed E-state index contributed by atoms with van der Waals surface area (Å²) in [5.41, 5.74) is 11.0. The van der Waals surface area contributed by atoms with Crippen molar-refractivity contribution in [1.29, 1.82) is 0 Å². The van der Waals surface area contributed by atoms with E-state index >= 15 is 0 Å². The summed E-state index contributed by atoms with van der Waals surface area (Å²) in [6.45, 7) is 1.74. The van der Waals surface area contributed by atoms with E-state index in [0.29, 0.717) is 27.2 Å². The van der Waals surface area contributed by atoms with E-state index in [-0.39, 0.29) is 5.82 Å². The maximum Gasteiger partial charge on any atom is 0.131 e. The van der Waals surface area contributed by atoms with Crippen LogP contribution in [0.2, 0.25) is 5.02 Å². The number of hydrogen-bond acceptors (Lipinski definition) is 2. The van der Waals surface area contributed by atoms with Crippen molar-refractivity contribution in [2.45, 2.75) is 13.0 Å². The maximum absolute atomic E-state index is 14.4. The van der Waals surface area contributed by atoms with E-state index in [1.54, 1.807) is 43.5 Å². The number of nitrogens with zero attached hydrogens (tertiary/aromatic N) is 4. The topological polar surface area (TPSA) is 61.7 Å². The first kappa shape index (κ1) is 15.3. The molecule has 0 amide bonds. The molecule has 0 spiro atoms. The number of halogens is 2. The zero-order chi connectivity index (χ0) is 16.4. The van der Waals surface area contributed by atoms with Crippen LogP contribution >= 0.6 is 11.6 Å². The molecule has 0 aliphatic carbocycles. The van der Waals surface area contributed by atoms with E-state index in [4.69, 9.17) is 17.1 Å². The highest BCUT2D eigenvalue weighted by molar-refractivity contribution is 6.36. The molecule has 0 N–H and O–H groups in total. The van der Waals surface area contributed by atoms with Crippen LogP contribution < -0.4 is 0 Å². The molecule has 23 heavy (non-hydrogen) atoms. The summed E-state index contributed by atoms with van der Waals surface area (Å²) in [6, 6.07) is 11.3. The highest BCUT2D eigenvalue weighted by Crippen LogP contribution is 2.39. The fourth-order valence-electron chi connectivity index (χ4n) is 2.64. The Bertz CT molecular complexity index is 935. The van der Waals surface area contributed by atoms with Crippen LogP contribution in [0.3, 0.4) is 0 Å². The van der Waals surface area contributed by atoms with E-state index in [1.807, 2.05) is 6.07 Å². The molecule has 3 aromatic rings. The molecule has 1 aromatic heterocycles. The molecule has 6 heteroatoms. The first-order valence-electron chi connectivity index (χ1n) is 6.99. The second-order valence-corrected chi connectivity index (χ2v) is 5.49. The Morgan fingerprint density at radius 1 is 1.26 bits per heavy atom. The SMILES string of the molecule is CC(N=[N+]=[N-])c1cc(Cl)c2cccnc2c1-c1ccccc1F. The van der Waals surface area contributed by atoms with Crippen LogP contribution in [0, 0.1) is 5.82 Å². The highest BCUT2D eigenvalue weighted by Gasteiger charge is 2.19. The third kappa shape index (κ3) is 2.72. The van der Waals surface area contributed by atoms with Crippen LogP contribution in [0.1, 0.15) is 18.5 Å². The molecule has 0 radical (unpaired) electrons. The lowest BCUT2D eigenvalue weighted by Crippen LogP contribution is -1.98. The zero-order valence-corrected chi connectivity index (χ0v) is 13.0. The first-order valence-corrected chi connectivity index (χ1v) is 7.37. The summed E-state index contributed by atoms with van der Waals surface area (Å²) in [6.07, 6.45) is 1.63. The second kappa shape index (κ2) is 6.24. The monoisotopic (exact) mass is 326 g/mol. The zero-order valence-electron chi connectivity index (χ0n) is 12.2. The number of pyridine rings is 1. The fourth-order valence-corrected chi connectivity index (χ4v) is 2.91. The summed E-state index contributed by atoms with van der Waals surface area (Å²) < 4.78 is 14.4. The largest absolute Gasteiger partial charge is 0.256 e. The minimum atomic E-state index is -0.501. The molecule has 4 nitrogen and oxygen atoms in total. The second-order valence-electron chi connectivity index (χ2n) is 5.08. The van der Waals surface area contributed by atoms with E-state index < -0.39 is 6.04 Å². The molecule has 0 aliphatic rings. The minimum absolute atomic E-state index is 0.365. The maximum atomic E-state index is 14.4. The average molecular weight is 327 g/mol. The molecule has 2 aromatic carbocycles. The third-order valence-electron chi connectivity index (χ3n) is 3.69. The van der Waals surface area contributed by atoms with Crippen molar-refractivity contribution in [2.24, 2.45) is 5.11 Å². The number of azide groups is 1. The van der Waals surface area contributed by atoms with Gasteiger partial charge in [-0.05, 0) is 35.4 Å². The molecule has 1 unspecified atom stereocenters. The molecule has 0 aliphatic heterocycles. The smallest absolute Gasteiger partial charge is 0.131 e. The summed E-state index contributed by atoms with van der Waals surface area (Å²) in [5.74, 6) is -0.365. The number of benzene rings is 2. The Morgan fingerprint density at radius 2 is 2.04 bits per heavy atom. The van der Waals surface area contributed by atoms with Gasteiger partial charge in [0.2, 0.25) is 0 Å². The van der Waals surface area contributed by atoms with Crippen molar-refractivity contribution in [3.05, 3.63) is 75.5 Å². The Morgan fingerprint density at radius 3 is 2.78 bits per heavy atom. The molecule has 0 saturated carbocycles. The van der Waals surface area contributed by atoms with Gasteiger partial charge in [0.05, 0.1) is 16.6 Å². The predicted octanol–water partition coefficient (Wildman–Crippen LogP) is 6.07. The fraction of sp³-hybridized carbons (Fsp3) is 0.118. The highest BCUT2D eigenvalue weighted by atomic mass is 35.5. The summed E-state index contributed by atoms with van der Waals surface area (Å²) >= 11 is 6.34. The number of fused-ring (bicyclic) bond motifs is 1. The van der Waals surface area contributed by atoms with Gasteiger partial charge in [-0.2, -0.15) is 0 Å². The van der Waals surface area contributed by atoms with Gasteiger partial charge >= 0.3 is 0 Å². The van der Waals surface area contributed by atoms with Crippen LogP contribution in [-0.4, -0.2) is 4.98 Å². The molecule has 1 heterocycles. The quantitative estimate of drug-likeness (QED) is 0.327. The van der Waals surface area contributed by atoms with Gasteiger partial charge in [-0.1, -0.05) is 41.8 Å². The Kier molecular flexibility index (Phi) is 4.15. The molecular weight excluding hydrogens is 315 g/mol. The summed E-state index contributed by atoms with van der Waals surface area (Å²) in [5, 5.41) is 4.95. The molecule has 0 bridgehead atoms. The van der Waals surface area contributed by atoms with Crippen LogP contribution in [0.4, 0.5) is 4.39 Å². The van der Waals surface area contributed by atoms with Crippen molar-refractivity contribution in [2.75, 3.05) is 0 Å². The number of rotatable bonds is 3. The van der Waals surface area contributed by atoms with Gasteiger partial charge in [-0.15, -0.1) is 0 Å². The van der Waals surface area contributed by atoms with Gasteiger partial charge in [0, 0.05) is 27.6 Å². The van der Waals surface area contributed by atoms with Gasteiger partial charge in [0.1, 0.15) is 5.82 Å². The lowest BCUT2D eigenvalue weighted by molar-refractivity contribution is 0.631. The summed E-state index contributed by atoms with van der Waals surface area (Å²) in [4.78, 5) is 7.22. The van der Waals surface area contributed by atoms with Crippen LogP contribution in [0.15, 0.2) is 53.8 Å². The van der Waals surface area contributed by atoms with Gasteiger partial charge in [0.15, 0.2) is 0 Å². The molecule has 3 rings (SSSR count). The van der Waals surface area contributed by atoms with Crippen LogP contribution in [0.25, 0.3) is 32.5 Å². The Balaban J connectivity index is 2.45. The van der Waals surface area contributed by atoms with Crippen LogP contribution in [0.5, 0.6) is 0 Å². The van der Waals surface area contributed by atoms with Crippen molar-refractivity contribution < 1.29 is 4.39 Å². The van der Waals surface area contributed by atoms with E-state index in [0.717, 1.165) is 5.39 Å². The van der Waals surface area contributed by atoms with E-state index in [1.165, 1.54) is 6.07 Å². The molecule has 1 atom stereocenters. The Labute approximate surface area is 137 Å². The molecule has 0 saturated heterocycles.